The fraction of sp³-hybridized carbons (Fsp3) is 0.500. The van der Waals surface area contributed by atoms with Crippen LogP contribution in [-0.2, 0) is 25.8 Å². The molecule has 0 aliphatic heterocycles. The lowest BCUT2D eigenvalue weighted by Crippen LogP contribution is -2.26. The zero-order valence-corrected chi connectivity index (χ0v) is 80.1. The van der Waals surface area contributed by atoms with Crippen molar-refractivity contribution in [1.82, 2.24) is 0 Å². The molecule has 6 heteroatoms. The Morgan fingerprint density at radius 3 is 1.06 bits per heavy atom. The maximum absolute atomic E-state index is 11.6. The third-order valence-electron chi connectivity index (χ3n) is 29.4. The Morgan fingerprint density at radius 1 is 0.290 bits per heavy atom. The predicted octanol–water partition coefficient (Wildman–Crippen LogP) is 38.3. The Morgan fingerprint density at radius 2 is 0.621 bits per heavy atom. The summed E-state index contributed by atoms with van der Waals surface area (Å²) in [5.74, 6) is 0.705. The van der Waals surface area contributed by atoms with Crippen molar-refractivity contribution >= 4 is 91.1 Å². The highest BCUT2D eigenvalue weighted by molar-refractivity contribution is 7.26. The molecule has 0 fully saturated rings. The molecule has 0 unspecified atom stereocenters. The summed E-state index contributed by atoms with van der Waals surface area (Å²) >= 11 is 5.92. The van der Waals surface area contributed by atoms with E-state index in [0.717, 1.165) is 31.6 Å². The summed E-state index contributed by atoms with van der Waals surface area (Å²) in [6.45, 7) is 23.2. The number of aryl methyl sites for hydroxylation is 1. The van der Waals surface area contributed by atoms with Crippen molar-refractivity contribution in [3.63, 3.8) is 0 Å². The van der Waals surface area contributed by atoms with E-state index < -0.39 is 0 Å². The van der Waals surface area contributed by atoms with E-state index in [1.807, 2.05) is 34.0 Å². The molecule has 9 aromatic carbocycles. The van der Waals surface area contributed by atoms with Crippen molar-refractivity contribution in [3.8, 4) is 71.1 Å². The van der Waals surface area contributed by atoms with Gasteiger partial charge in [-0.15, -0.1) is 34.0 Å². The van der Waals surface area contributed by atoms with E-state index in [4.69, 9.17) is 9.47 Å². The van der Waals surface area contributed by atoms with Crippen LogP contribution in [0.1, 0.15) is 383 Å². The molecule has 15 rings (SSSR count). The average molecular weight is 1710 g/mol. The molecule has 12 aromatic rings. The molecule has 3 heterocycles. The molecule has 0 saturated heterocycles. The van der Waals surface area contributed by atoms with Gasteiger partial charge in [0.15, 0.2) is 0 Å². The van der Waals surface area contributed by atoms with Gasteiger partial charge in [0.2, 0.25) is 0 Å². The van der Waals surface area contributed by atoms with Crippen molar-refractivity contribution in [3.05, 3.63) is 209 Å². The molecule has 0 radical (unpaired) electrons. The zero-order chi connectivity index (χ0) is 85.8. The van der Waals surface area contributed by atoms with Gasteiger partial charge < -0.3 is 9.47 Å². The molecule has 0 atom stereocenters. The van der Waals surface area contributed by atoms with Crippen molar-refractivity contribution in [1.29, 1.82) is 0 Å². The molecule has 656 valence electrons. The SMILES string of the molecule is C=C(C)C(=O)OCCCCCCCCCCCCOc1ccc2c(c1)sc1cc(-c3ccc4c(c3)C(CCCCC)(CCCCC)c3cc(-c5cc6cc7sc(-c8ccc9c(c8)C(CCCCCCCC)(CCCCCCCC)c8cc%10cc%11c(cc%10cc8-9)C(CCCCCCCC)(CCCCCCCC)c8cc(C)ccc8-%11)cc7cc6s5)ccc3-4)ccc12. The van der Waals surface area contributed by atoms with E-state index in [9.17, 15) is 4.79 Å². The number of hydrogen-bond donors (Lipinski definition) is 0. The van der Waals surface area contributed by atoms with Crippen molar-refractivity contribution in [2.24, 2.45) is 0 Å². The normalized spacial score (nSPS) is 13.8. The van der Waals surface area contributed by atoms with E-state index in [0.29, 0.717) is 12.2 Å². The number of benzene rings is 9. The van der Waals surface area contributed by atoms with Crippen LogP contribution >= 0.6 is 34.0 Å². The van der Waals surface area contributed by atoms with Crippen molar-refractivity contribution in [2.75, 3.05) is 13.2 Å². The number of thiophene rings is 3. The molecular weight excluding hydrogens is 1560 g/mol. The lowest BCUT2D eigenvalue weighted by atomic mass is 9.69. The lowest BCUT2D eigenvalue weighted by molar-refractivity contribution is -0.139. The van der Waals surface area contributed by atoms with Crippen LogP contribution in [0.15, 0.2) is 170 Å². The Balaban J connectivity index is 0.700. The summed E-state index contributed by atoms with van der Waals surface area (Å²) in [4.78, 5) is 14.4. The Hall–Kier alpha value is -7.61. The van der Waals surface area contributed by atoms with Crippen LogP contribution in [-0.4, -0.2) is 19.2 Å². The average Bonchev–Trinajstić information content (AvgIpc) is 1.55. The van der Waals surface area contributed by atoms with E-state index in [2.05, 4.69) is 213 Å². The standard InChI is InChI=1S/C118H148O3S3/c1-10-16-22-26-36-44-64-116(65-45-37-27-23-17-11-2)103-70-85(9)50-56-97(103)101-71-90-77-108-102(72-91(90)76-107(101)116)98-59-54-89(75-106(98)118(108,66-46-38-28-24-18-12-3)67-47-39-29-25-19-13-4)110-80-93-82-111-92(81-112(93)123-110)79-109(122-111)88-53-58-96-95-57-51-86(73-104(95)117(105(96)74-88,62-42-20-14-5)63-43-21-15-6)87-52-60-99-100-61-55-94(83-114(100)124-113(99)78-87)120-68-48-40-34-32-30-31-33-35-41-49-69-121-115(119)84(7)8/h50-61,70-83H,7,10-49,62-69H2,1-6,8-9H3. The summed E-state index contributed by atoms with van der Waals surface area (Å²) in [6.07, 6.45) is 58.5. The van der Waals surface area contributed by atoms with Crippen molar-refractivity contribution in [2.45, 2.75) is 367 Å². The van der Waals surface area contributed by atoms with Gasteiger partial charge >= 0.3 is 5.97 Å². The summed E-state index contributed by atoms with van der Waals surface area (Å²) in [6, 6.07) is 65.8. The second-order valence-electron chi connectivity index (χ2n) is 38.6. The van der Waals surface area contributed by atoms with Crippen LogP contribution in [0.4, 0.5) is 0 Å². The van der Waals surface area contributed by atoms with Crippen LogP contribution in [0.2, 0.25) is 0 Å². The second-order valence-corrected chi connectivity index (χ2v) is 41.9. The maximum atomic E-state index is 11.6. The highest BCUT2D eigenvalue weighted by atomic mass is 32.1. The third kappa shape index (κ3) is 20.6. The quantitative estimate of drug-likeness (QED) is 0.0217. The topological polar surface area (TPSA) is 35.5 Å². The molecule has 3 aromatic heterocycles. The molecular formula is C118H148O3S3. The van der Waals surface area contributed by atoms with E-state index in [1.165, 1.54) is 398 Å². The van der Waals surface area contributed by atoms with Gasteiger partial charge in [0, 0.05) is 61.1 Å². The molecule has 3 aliphatic carbocycles. The minimum atomic E-state index is -0.273. The fourth-order valence-electron chi connectivity index (χ4n) is 22.5. The second kappa shape index (κ2) is 43.9. The van der Waals surface area contributed by atoms with Gasteiger partial charge in [0.05, 0.1) is 13.2 Å². The zero-order valence-electron chi connectivity index (χ0n) is 77.6. The summed E-state index contributed by atoms with van der Waals surface area (Å²) < 4.78 is 17.1. The van der Waals surface area contributed by atoms with Gasteiger partial charge in [-0.25, -0.2) is 4.79 Å². The first-order chi connectivity index (χ1) is 60.8. The van der Waals surface area contributed by atoms with Crippen LogP contribution in [0.5, 0.6) is 5.75 Å². The number of hydrogen-bond acceptors (Lipinski definition) is 6. The van der Waals surface area contributed by atoms with E-state index in [-0.39, 0.29) is 22.2 Å². The number of carbonyl (C=O) groups is 1. The minimum Gasteiger partial charge on any atom is -0.494 e. The largest absolute Gasteiger partial charge is 0.494 e. The highest BCUT2D eigenvalue weighted by Gasteiger charge is 2.47. The van der Waals surface area contributed by atoms with Gasteiger partial charge in [-0.1, -0.05) is 364 Å². The summed E-state index contributed by atoms with van der Waals surface area (Å²) in [5, 5.41) is 8.28. The van der Waals surface area contributed by atoms with Crippen LogP contribution in [0.25, 0.3) is 117 Å². The van der Waals surface area contributed by atoms with Crippen LogP contribution in [0.3, 0.4) is 0 Å². The van der Waals surface area contributed by atoms with Crippen LogP contribution in [0, 0.1) is 6.92 Å². The molecule has 0 N–H and O–H groups in total. The Kier molecular flexibility index (Phi) is 32.3. The number of fused-ring (bicyclic) bond motifs is 15. The molecule has 0 amide bonds. The smallest absolute Gasteiger partial charge is 0.333 e. The number of ether oxygens (including phenoxy) is 2. The van der Waals surface area contributed by atoms with Gasteiger partial charge in [0.25, 0.3) is 0 Å². The van der Waals surface area contributed by atoms with E-state index >= 15 is 0 Å². The summed E-state index contributed by atoms with van der Waals surface area (Å²) in [7, 11) is 0. The summed E-state index contributed by atoms with van der Waals surface area (Å²) in [5.41, 5.74) is 25.8. The molecule has 0 bridgehead atoms. The number of unbranched alkanes of at least 4 members (excludes halogenated alkanes) is 33. The van der Waals surface area contributed by atoms with Gasteiger partial charge in [-0.05, 0) is 267 Å². The van der Waals surface area contributed by atoms with Crippen molar-refractivity contribution < 1.29 is 14.3 Å². The highest BCUT2D eigenvalue weighted by Crippen LogP contribution is 2.61. The molecule has 124 heavy (non-hydrogen) atoms. The number of rotatable bonds is 54. The monoisotopic (exact) mass is 1710 g/mol. The van der Waals surface area contributed by atoms with Gasteiger partial charge in [-0.2, -0.15) is 0 Å². The van der Waals surface area contributed by atoms with Crippen LogP contribution < -0.4 is 4.74 Å². The third-order valence-corrected chi connectivity index (χ3v) is 32.9. The maximum Gasteiger partial charge on any atom is 0.333 e. The minimum absolute atomic E-state index is 0.0432. The predicted molar refractivity (Wildman–Crippen MR) is 545 cm³/mol. The lowest BCUT2D eigenvalue weighted by Gasteiger charge is -2.34. The first kappa shape index (κ1) is 91.2. The number of carbonyl (C=O) groups excluding carboxylic acids is 1. The first-order valence-electron chi connectivity index (χ1n) is 50.4. The number of esters is 1. The molecule has 3 aliphatic rings. The Labute approximate surface area is 759 Å². The van der Waals surface area contributed by atoms with Gasteiger partial charge in [-0.3, -0.25) is 0 Å². The molecule has 0 spiro atoms. The molecule has 3 nitrogen and oxygen atoms in total. The first-order valence-corrected chi connectivity index (χ1v) is 52.9. The fourth-order valence-corrected chi connectivity index (χ4v) is 25.8. The Bertz CT molecular complexity index is 5480. The molecule has 0 saturated carbocycles. The van der Waals surface area contributed by atoms with Gasteiger partial charge in [0.1, 0.15) is 5.75 Å². The van der Waals surface area contributed by atoms with E-state index in [1.54, 1.807) is 40.3 Å².